The van der Waals surface area contributed by atoms with Crippen LogP contribution >= 0.6 is 15.9 Å². The predicted octanol–water partition coefficient (Wildman–Crippen LogP) is -1.16. The molecule has 0 aliphatic rings. The second-order valence-electron chi connectivity index (χ2n) is 2.53. The third-order valence-corrected chi connectivity index (χ3v) is 2.26. The van der Waals surface area contributed by atoms with Crippen molar-refractivity contribution in [3.8, 4) is 0 Å². The van der Waals surface area contributed by atoms with Crippen LogP contribution in [0.2, 0.25) is 0 Å². The van der Waals surface area contributed by atoms with Crippen molar-refractivity contribution in [2.45, 2.75) is 0 Å². The first-order valence-corrected chi connectivity index (χ1v) is 4.28. The predicted molar refractivity (Wildman–Crippen MR) is 50.1 cm³/mol. The number of hydrogen-bond donors (Lipinski definition) is 5. The van der Waals surface area contributed by atoms with Crippen molar-refractivity contribution in [3.63, 3.8) is 0 Å². The molecule has 0 fully saturated rings. The van der Waals surface area contributed by atoms with Gasteiger partial charge >= 0.3 is 0 Å². The Kier molecular flexibility index (Phi) is 3.39. The van der Waals surface area contributed by atoms with Gasteiger partial charge in [0.1, 0.15) is 5.69 Å². The summed E-state index contributed by atoms with van der Waals surface area (Å²) in [7, 11) is 0. The minimum Gasteiger partial charge on any atom is -0.595 e. The molecule has 6 N–H and O–H groups in total. The minimum absolute atomic E-state index is 0.0162. The Bertz CT molecular complexity index is 344. The topological polar surface area (TPSA) is 121 Å². The van der Waals surface area contributed by atoms with Crippen LogP contribution in [0.5, 0.6) is 0 Å². The molecule has 0 spiro atoms. The van der Waals surface area contributed by atoms with Crippen LogP contribution in [0.15, 0.2) is 16.6 Å². The molecule has 0 radical (unpaired) electrons. The number of rotatable bonds is 2. The molecule has 0 bridgehead atoms. The molecule has 0 amide bonds. The summed E-state index contributed by atoms with van der Waals surface area (Å²) in [5, 5.41) is 36.1. The van der Waals surface area contributed by atoms with Crippen LogP contribution in [0, 0.1) is 10.4 Å². The molecule has 1 rings (SSSR count). The summed E-state index contributed by atoms with van der Waals surface area (Å²) in [5.74, 6) is 0. The van der Waals surface area contributed by atoms with E-state index in [2.05, 4.69) is 15.9 Å². The van der Waals surface area contributed by atoms with Crippen LogP contribution in [-0.2, 0) is 0 Å². The third-order valence-electron chi connectivity index (χ3n) is 1.61. The van der Waals surface area contributed by atoms with Crippen molar-refractivity contribution in [1.29, 1.82) is 0 Å². The fraction of sp³-hybridized carbons (Fsp3) is 0. The fourth-order valence-electron chi connectivity index (χ4n) is 0.918. The Morgan fingerprint density at radius 2 is 1.79 bits per heavy atom. The van der Waals surface area contributed by atoms with Gasteiger partial charge < -0.3 is 16.1 Å². The maximum atomic E-state index is 10.7. The van der Waals surface area contributed by atoms with E-state index < -0.39 is 10.5 Å². The van der Waals surface area contributed by atoms with Crippen molar-refractivity contribution in [2.75, 3.05) is 5.73 Å². The van der Waals surface area contributed by atoms with E-state index in [9.17, 15) is 10.4 Å². The van der Waals surface area contributed by atoms with Gasteiger partial charge in [0.05, 0.1) is 10.5 Å². The molecule has 2 atom stereocenters. The number of nitrogens with two attached hydrogens (primary N) is 1. The van der Waals surface area contributed by atoms with Crippen LogP contribution < -0.4 is 16.2 Å². The van der Waals surface area contributed by atoms with Gasteiger partial charge in [0.2, 0.25) is 0 Å². The van der Waals surface area contributed by atoms with Gasteiger partial charge in [-0.25, -0.2) is 10.4 Å². The highest BCUT2D eigenvalue weighted by atomic mass is 79.9. The first kappa shape index (κ1) is 11.3. The van der Waals surface area contributed by atoms with Gasteiger partial charge in [-0.05, 0) is 15.9 Å². The van der Waals surface area contributed by atoms with Gasteiger partial charge in [-0.2, -0.15) is 10.5 Å². The second kappa shape index (κ2) is 4.19. The zero-order chi connectivity index (χ0) is 10.9. The Balaban J connectivity index is 3.28. The summed E-state index contributed by atoms with van der Waals surface area (Å²) in [4.78, 5) is 0. The first-order chi connectivity index (χ1) is 6.43. The summed E-state index contributed by atoms with van der Waals surface area (Å²) in [6.07, 6.45) is 0. The van der Waals surface area contributed by atoms with Gasteiger partial charge in [0, 0.05) is 6.07 Å². The number of nitrogen functional groups attached to an aromatic ring is 1. The smallest absolute Gasteiger partial charge is 0.194 e. The zero-order valence-corrected chi connectivity index (χ0v) is 8.41. The summed E-state index contributed by atoms with van der Waals surface area (Å²) >= 11 is 2.98. The number of hydrogen-bond acceptors (Lipinski definition) is 5. The van der Waals surface area contributed by atoms with Crippen molar-refractivity contribution >= 4 is 33.0 Å². The van der Waals surface area contributed by atoms with Gasteiger partial charge in [-0.3, -0.25) is 0 Å². The van der Waals surface area contributed by atoms with Crippen molar-refractivity contribution < 1.29 is 20.9 Å². The van der Waals surface area contributed by atoms with E-state index in [1.165, 1.54) is 6.07 Å². The maximum absolute atomic E-state index is 10.7. The number of nitrogens with one attached hydrogen (secondary N) is 2. The highest BCUT2D eigenvalue weighted by Gasteiger charge is 2.15. The molecule has 78 valence electrons. The lowest BCUT2D eigenvalue weighted by atomic mass is 10.2. The molecule has 8 heteroatoms. The van der Waals surface area contributed by atoms with E-state index in [4.69, 9.17) is 16.1 Å². The lowest BCUT2D eigenvalue weighted by Crippen LogP contribution is -3.00. The molecule has 7 nitrogen and oxygen atoms in total. The molecule has 14 heavy (non-hydrogen) atoms. The first-order valence-electron chi connectivity index (χ1n) is 3.49. The average Bonchev–Trinajstić information content (AvgIpc) is 2.08. The van der Waals surface area contributed by atoms with Gasteiger partial charge in [-0.15, -0.1) is 0 Å². The van der Waals surface area contributed by atoms with Gasteiger partial charge in [0.15, 0.2) is 11.4 Å². The number of halogens is 1. The van der Waals surface area contributed by atoms with Crippen LogP contribution in [-0.4, -0.2) is 10.4 Å². The average molecular weight is 266 g/mol. The molecule has 0 heterocycles. The second-order valence-corrected chi connectivity index (χ2v) is 3.38. The summed E-state index contributed by atoms with van der Waals surface area (Å²) in [5.41, 5.74) is 5.10. The van der Waals surface area contributed by atoms with Gasteiger partial charge in [-0.1, -0.05) is 0 Å². The summed E-state index contributed by atoms with van der Waals surface area (Å²) < 4.78 is 0.259. The highest BCUT2D eigenvalue weighted by molar-refractivity contribution is 9.10. The normalized spacial score (nSPS) is 15.2. The van der Waals surface area contributed by atoms with Crippen LogP contribution in [0.1, 0.15) is 0 Å². The number of anilines is 1. The SMILES string of the molecule is Nc1c(Br)cc([NH+]([O-])O)cc1[NH+]([O-])O. The van der Waals surface area contributed by atoms with E-state index in [0.29, 0.717) is 0 Å². The third kappa shape index (κ3) is 2.19. The lowest BCUT2D eigenvalue weighted by Gasteiger charge is -2.17. The molecule has 0 aliphatic heterocycles. The largest absolute Gasteiger partial charge is 0.595 e. The minimum atomic E-state index is -1.26. The molecule has 1 aromatic carbocycles. The molecule has 0 saturated carbocycles. The molecule has 2 unspecified atom stereocenters. The van der Waals surface area contributed by atoms with E-state index >= 15 is 0 Å². The molecule has 1 aromatic rings. The summed E-state index contributed by atoms with van der Waals surface area (Å²) in [6, 6.07) is 2.27. The van der Waals surface area contributed by atoms with E-state index in [0.717, 1.165) is 6.07 Å². The number of benzene rings is 1. The Morgan fingerprint density at radius 3 is 2.21 bits per heavy atom. The zero-order valence-electron chi connectivity index (χ0n) is 6.82. The Labute approximate surface area is 87.2 Å². The molecule has 0 aromatic heterocycles. The number of quaternary nitrogens is 2. The fourth-order valence-corrected chi connectivity index (χ4v) is 1.38. The highest BCUT2D eigenvalue weighted by Crippen LogP contribution is 2.27. The van der Waals surface area contributed by atoms with Crippen LogP contribution in [0.3, 0.4) is 0 Å². The van der Waals surface area contributed by atoms with Crippen molar-refractivity contribution in [3.05, 3.63) is 27.0 Å². The van der Waals surface area contributed by atoms with Gasteiger partial charge in [0.25, 0.3) is 0 Å². The standard InChI is InChI=1S/C6H8BrN3O4/c7-4-1-3(9(11)12)2-5(6(4)8)10(13)14/h1-2,9-11,13H,8H2. The lowest BCUT2D eigenvalue weighted by molar-refractivity contribution is -0.996. The van der Waals surface area contributed by atoms with E-state index in [1.807, 2.05) is 0 Å². The quantitative estimate of drug-likeness (QED) is 0.341. The van der Waals surface area contributed by atoms with Crippen LogP contribution in [0.4, 0.5) is 17.1 Å². The Morgan fingerprint density at radius 1 is 1.21 bits per heavy atom. The molecule has 0 saturated heterocycles. The van der Waals surface area contributed by atoms with E-state index in [-0.39, 0.29) is 21.5 Å². The van der Waals surface area contributed by atoms with Crippen molar-refractivity contribution in [1.82, 2.24) is 0 Å². The molecule has 0 aliphatic carbocycles. The van der Waals surface area contributed by atoms with E-state index in [1.54, 1.807) is 0 Å². The monoisotopic (exact) mass is 265 g/mol. The maximum Gasteiger partial charge on any atom is 0.194 e. The molecular weight excluding hydrogens is 258 g/mol. The van der Waals surface area contributed by atoms with Crippen molar-refractivity contribution in [2.24, 2.45) is 0 Å². The Hall–Kier alpha value is -0.740. The van der Waals surface area contributed by atoms with Crippen LogP contribution in [0.25, 0.3) is 0 Å². The summed E-state index contributed by atoms with van der Waals surface area (Å²) in [6.45, 7) is 0. The molecular formula is C6H8BrN3O4.